The van der Waals surface area contributed by atoms with E-state index >= 15 is 0 Å². The fourth-order valence-corrected chi connectivity index (χ4v) is 2.98. The zero-order valence-corrected chi connectivity index (χ0v) is 15.3. The van der Waals surface area contributed by atoms with Crippen molar-refractivity contribution in [2.24, 2.45) is 0 Å². The number of ether oxygens (including phenoxy) is 3. The Bertz CT molecular complexity index is 942. The van der Waals surface area contributed by atoms with Crippen LogP contribution in [0.1, 0.15) is 15.9 Å². The Balaban J connectivity index is 1.36. The topological polar surface area (TPSA) is 56.8 Å². The molecule has 0 aromatic heterocycles. The number of nitrogens with one attached hydrogen (secondary N) is 1. The number of rotatable bonds is 6. The van der Waals surface area contributed by atoms with Crippen LogP contribution in [-0.4, -0.2) is 25.2 Å². The van der Waals surface area contributed by atoms with Gasteiger partial charge in [-0.3, -0.25) is 4.79 Å². The van der Waals surface area contributed by atoms with Gasteiger partial charge in [-0.15, -0.1) is 0 Å². The molecule has 3 aromatic rings. The lowest BCUT2D eigenvalue weighted by Crippen LogP contribution is -2.40. The van der Waals surface area contributed by atoms with Crippen LogP contribution in [0.5, 0.6) is 17.2 Å². The van der Waals surface area contributed by atoms with E-state index in [2.05, 4.69) is 5.32 Å². The summed E-state index contributed by atoms with van der Waals surface area (Å²) < 4.78 is 17.4. The van der Waals surface area contributed by atoms with Crippen molar-refractivity contribution in [3.8, 4) is 17.2 Å². The van der Waals surface area contributed by atoms with Crippen LogP contribution in [0.15, 0.2) is 78.9 Å². The van der Waals surface area contributed by atoms with Gasteiger partial charge in [0.1, 0.15) is 25.1 Å². The molecule has 4 rings (SSSR count). The third-order valence-electron chi connectivity index (χ3n) is 4.43. The number of para-hydroxylation sites is 3. The molecule has 0 radical (unpaired) electrons. The van der Waals surface area contributed by atoms with Crippen molar-refractivity contribution >= 4 is 5.91 Å². The van der Waals surface area contributed by atoms with Crippen molar-refractivity contribution in [1.29, 1.82) is 0 Å². The molecule has 0 spiro atoms. The highest BCUT2D eigenvalue weighted by atomic mass is 16.6. The highest BCUT2D eigenvalue weighted by Crippen LogP contribution is 2.30. The molecule has 0 saturated heterocycles. The first kappa shape index (κ1) is 17.9. The van der Waals surface area contributed by atoms with Gasteiger partial charge in [0, 0.05) is 0 Å². The van der Waals surface area contributed by atoms with E-state index < -0.39 is 0 Å². The number of carbonyl (C=O) groups is 1. The molecule has 1 unspecified atom stereocenters. The summed E-state index contributed by atoms with van der Waals surface area (Å²) >= 11 is 0. The van der Waals surface area contributed by atoms with Crippen molar-refractivity contribution < 1.29 is 19.0 Å². The second-order valence-corrected chi connectivity index (χ2v) is 6.48. The summed E-state index contributed by atoms with van der Waals surface area (Å²) in [6.45, 7) is 1.14. The number of amides is 1. The maximum Gasteiger partial charge on any atom is 0.255 e. The second kappa shape index (κ2) is 8.48. The molecule has 0 saturated carbocycles. The molecule has 1 aliphatic heterocycles. The quantitative estimate of drug-likeness (QED) is 0.711. The lowest BCUT2D eigenvalue weighted by atomic mass is 10.1. The van der Waals surface area contributed by atoms with Crippen molar-refractivity contribution in [2.75, 3.05) is 13.2 Å². The maximum absolute atomic E-state index is 12.7. The Morgan fingerprint density at radius 3 is 2.50 bits per heavy atom. The van der Waals surface area contributed by atoms with Gasteiger partial charge in [-0.25, -0.2) is 0 Å². The average Bonchev–Trinajstić information content (AvgIpc) is 2.77. The fraction of sp³-hybridized carbons (Fsp3) is 0.174. The fourth-order valence-electron chi connectivity index (χ4n) is 2.98. The van der Waals surface area contributed by atoms with E-state index in [0.29, 0.717) is 36.8 Å². The first-order valence-corrected chi connectivity index (χ1v) is 9.22. The Kier molecular flexibility index (Phi) is 5.43. The monoisotopic (exact) mass is 375 g/mol. The van der Waals surface area contributed by atoms with Crippen molar-refractivity contribution in [2.45, 2.75) is 12.7 Å². The van der Waals surface area contributed by atoms with Gasteiger partial charge < -0.3 is 19.5 Å². The molecule has 28 heavy (non-hydrogen) atoms. The minimum absolute atomic E-state index is 0.203. The lowest BCUT2D eigenvalue weighted by Gasteiger charge is -2.26. The van der Waals surface area contributed by atoms with Gasteiger partial charge in [-0.2, -0.15) is 0 Å². The summed E-state index contributed by atoms with van der Waals surface area (Å²) in [5.41, 5.74) is 1.54. The predicted octanol–water partition coefficient (Wildman–Crippen LogP) is 3.84. The molecule has 1 atom stereocenters. The summed E-state index contributed by atoms with van der Waals surface area (Å²) in [5.74, 6) is 1.77. The second-order valence-electron chi connectivity index (χ2n) is 6.48. The van der Waals surface area contributed by atoms with E-state index in [9.17, 15) is 4.79 Å². The van der Waals surface area contributed by atoms with Gasteiger partial charge in [0.2, 0.25) is 0 Å². The summed E-state index contributed by atoms with van der Waals surface area (Å²) in [6, 6.07) is 24.6. The Morgan fingerprint density at radius 2 is 1.64 bits per heavy atom. The van der Waals surface area contributed by atoms with Gasteiger partial charge in [0.15, 0.2) is 11.5 Å². The number of hydrogen-bond acceptors (Lipinski definition) is 4. The van der Waals surface area contributed by atoms with Crippen LogP contribution in [0.4, 0.5) is 0 Å². The van der Waals surface area contributed by atoms with Crippen molar-refractivity contribution in [1.82, 2.24) is 5.32 Å². The van der Waals surface area contributed by atoms with Gasteiger partial charge in [-0.1, -0.05) is 54.6 Å². The minimum atomic E-state index is -0.240. The predicted molar refractivity (Wildman–Crippen MR) is 106 cm³/mol. The van der Waals surface area contributed by atoms with Crippen LogP contribution in [0.3, 0.4) is 0 Å². The number of carbonyl (C=O) groups excluding carboxylic acids is 1. The molecule has 1 aliphatic rings. The molecular formula is C23H21NO4. The Labute approximate surface area is 163 Å². The molecule has 1 amide bonds. The van der Waals surface area contributed by atoms with Crippen molar-refractivity contribution in [3.63, 3.8) is 0 Å². The molecule has 5 heteroatoms. The zero-order valence-electron chi connectivity index (χ0n) is 15.3. The third kappa shape index (κ3) is 4.26. The van der Waals surface area contributed by atoms with E-state index in [1.165, 1.54) is 0 Å². The molecular weight excluding hydrogens is 354 g/mol. The normalized spacial score (nSPS) is 14.9. The van der Waals surface area contributed by atoms with Gasteiger partial charge in [0.25, 0.3) is 5.91 Å². The Morgan fingerprint density at radius 1 is 0.929 bits per heavy atom. The number of hydrogen-bond donors (Lipinski definition) is 1. The first-order valence-electron chi connectivity index (χ1n) is 9.22. The first-order chi connectivity index (χ1) is 13.8. The molecule has 0 bridgehead atoms. The summed E-state index contributed by atoms with van der Waals surface area (Å²) in [5, 5.41) is 2.91. The van der Waals surface area contributed by atoms with E-state index in [0.717, 1.165) is 11.3 Å². The number of fused-ring (bicyclic) bond motifs is 1. The smallest absolute Gasteiger partial charge is 0.255 e. The molecule has 0 aliphatic carbocycles. The zero-order chi connectivity index (χ0) is 19.2. The molecule has 142 valence electrons. The van der Waals surface area contributed by atoms with Gasteiger partial charge in [0.05, 0.1) is 12.1 Å². The maximum atomic E-state index is 12.7. The average molecular weight is 375 g/mol. The van der Waals surface area contributed by atoms with Crippen LogP contribution < -0.4 is 19.5 Å². The van der Waals surface area contributed by atoms with E-state index in [1.807, 2.05) is 66.7 Å². The van der Waals surface area contributed by atoms with Crippen LogP contribution in [0.2, 0.25) is 0 Å². The van der Waals surface area contributed by atoms with Crippen molar-refractivity contribution in [3.05, 3.63) is 90.0 Å². The molecule has 3 aromatic carbocycles. The minimum Gasteiger partial charge on any atom is -0.488 e. The van der Waals surface area contributed by atoms with Gasteiger partial charge >= 0.3 is 0 Å². The van der Waals surface area contributed by atoms with Gasteiger partial charge in [-0.05, 0) is 29.8 Å². The Hall–Kier alpha value is -3.47. The molecule has 1 N–H and O–H groups in total. The SMILES string of the molecule is O=C(NCC1COc2ccccc2O1)c1ccccc1OCc1ccccc1. The molecule has 5 nitrogen and oxygen atoms in total. The highest BCUT2D eigenvalue weighted by Gasteiger charge is 2.22. The standard InChI is InChI=1S/C23H21NO4/c25-23(24-14-18-16-27-21-12-6-7-13-22(21)28-18)19-10-4-5-11-20(19)26-15-17-8-2-1-3-9-17/h1-13,18H,14-16H2,(H,24,25). The lowest BCUT2D eigenvalue weighted by molar-refractivity contribution is 0.0787. The summed E-state index contributed by atoms with van der Waals surface area (Å²) in [4.78, 5) is 12.7. The molecule has 1 heterocycles. The highest BCUT2D eigenvalue weighted by molar-refractivity contribution is 5.96. The summed E-state index contributed by atoms with van der Waals surface area (Å²) in [7, 11) is 0. The van der Waals surface area contributed by atoms with E-state index in [4.69, 9.17) is 14.2 Å². The number of benzene rings is 3. The van der Waals surface area contributed by atoms with E-state index in [1.54, 1.807) is 12.1 Å². The summed E-state index contributed by atoms with van der Waals surface area (Å²) in [6.07, 6.45) is -0.240. The van der Waals surface area contributed by atoms with Crippen LogP contribution in [0, 0.1) is 0 Å². The van der Waals surface area contributed by atoms with E-state index in [-0.39, 0.29) is 12.0 Å². The third-order valence-corrected chi connectivity index (χ3v) is 4.43. The van der Waals surface area contributed by atoms with Crippen LogP contribution >= 0.6 is 0 Å². The largest absolute Gasteiger partial charge is 0.488 e. The van der Waals surface area contributed by atoms with Crippen LogP contribution in [0.25, 0.3) is 0 Å². The van der Waals surface area contributed by atoms with Crippen LogP contribution in [-0.2, 0) is 6.61 Å². The molecule has 0 fully saturated rings.